The molecule has 0 aliphatic heterocycles. The highest BCUT2D eigenvalue weighted by Gasteiger charge is 2.24. The maximum Gasteiger partial charge on any atom is 0.109 e. The molecule has 0 spiro atoms. The topological polar surface area (TPSA) is 24.9 Å². The Morgan fingerprint density at radius 3 is 2.57 bits per heavy atom. The first-order chi connectivity index (χ1) is 10.4. The van der Waals surface area contributed by atoms with Crippen molar-refractivity contribution in [2.75, 3.05) is 0 Å². The smallest absolute Gasteiger partial charge is 0.109 e. The molecule has 1 N–H and O–H groups in total. The van der Waals surface area contributed by atoms with Gasteiger partial charge in [-0.2, -0.15) is 0 Å². The maximum atomic E-state index is 4.47. The van der Waals surface area contributed by atoms with Crippen LogP contribution in [0.4, 0.5) is 0 Å². The number of hydrogen-bond donors (Lipinski definition) is 1. The van der Waals surface area contributed by atoms with Gasteiger partial charge in [-0.3, -0.25) is 0 Å². The number of benzene rings is 1. The Bertz CT molecular complexity index is 515. The van der Waals surface area contributed by atoms with Crippen molar-refractivity contribution in [1.29, 1.82) is 0 Å². The molecule has 1 aliphatic carbocycles. The molecule has 1 heterocycles. The van der Waals surface area contributed by atoms with Crippen LogP contribution in [0.3, 0.4) is 0 Å². The van der Waals surface area contributed by atoms with Crippen molar-refractivity contribution in [3.8, 4) is 0 Å². The third-order valence-electron chi connectivity index (χ3n) is 4.59. The van der Waals surface area contributed by atoms with Gasteiger partial charge in [0, 0.05) is 17.6 Å². The number of rotatable bonds is 5. The van der Waals surface area contributed by atoms with E-state index in [1.165, 1.54) is 36.3 Å². The Morgan fingerprint density at radius 2 is 1.95 bits per heavy atom. The lowest BCUT2D eigenvalue weighted by Gasteiger charge is -2.31. The summed E-state index contributed by atoms with van der Waals surface area (Å²) >= 11 is 1.77. The molecule has 3 heteroatoms. The molecule has 0 amide bonds. The van der Waals surface area contributed by atoms with Crippen LogP contribution < -0.4 is 5.32 Å². The molecule has 1 aliphatic rings. The van der Waals surface area contributed by atoms with E-state index in [1.54, 1.807) is 11.3 Å². The number of hydrogen-bond acceptors (Lipinski definition) is 3. The minimum Gasteiger partial charge on any atom is -0.305 e. The summed E-state index contributed by atoms with van der Waals surface area (Å²) in [5, 5.41) is 7.14. The molecule has 0 radical (unpaired) electrons. The van der Waals surface area contributed by atoms with Crippen molar-refractivity contribution >= 4 is 11.3 Å². The van der Waals surface area contributed by atoms with Gasteiger partial charge in [-0.1, -0.05) is 37.3 Å². The van der Waals surface area contributed by atoms with E-state index in [1.807, 2.05) is 6.20 Å². The summed E-state index contributed by atoms with van der Waals surface area (Å²) in [6.45, 7) is 2.24. The molecular weight excluding hydrogens is 276 g/mol. The Morgan fingerprint density at radius 1 is 1.19 bits per heavy atom. The molecular formula is C18H24N2S. The summed E-state index contributed by atoms with van der Waals surface area (Å²) in [7, 11) is 0. The lowest BCUT2D eigenvalue weighted by Crippen LogP contribution is -2.35. The molecule has 1 saturated carbocycles. The van der Waals surface area contributed by atoms with Gasteiger partial charge in [-0.15, -0.1) is 11.3 Å². The fraction of sp³-hybridized carbons (Fsp3) is 0.500. The summed E-state index contributed by atoms with van der Waals surface area (Å²) in [6.07, 6.45) is 8.19. The molecule has 1 unspecified atom stereocenters. The van der Waals surface area contributed by atoms with Gasteiger partial charge in [-0.25, -0.2) is 4.98 Å². The monoisotopic (exact) mass is 300 g/mol. The van der Waals surface area contributed by atoms with Gasteiger partial charge in [0.1, 0.15) is 5.01 Å². The van der Waals surface area contributed by atoms with Crippen molar-refractivity contribution in [2.24, 2.45) is 0 Å². The fourth-order valence-corrected chi connectivity index (χ4v) is 4.16. The van der Waals surface area contributed by atoms with Crippen LogP contribution in [0.15, 0.2) is 41.9 Å². The van der Waals surface area contributed by atoms with Crippen LogP contribution in [-0.2, 0) is 0 Å². The average Bonchev–Trinajstić information content (AvgIpc) is 3.08. The molecule has 3 rings (SSSR count). The largest absolute Gasteiger partial charge is 0.305 e. The van der Waals surface area contributed by atoms with Crippen molar-refractivity contribution < 1.29 is 0 Å². The second kappa shape index (κ2) is 7.19. The van der Waals surface area contributed by atoms with E-state index in [9.17, 15) is 0 Å². The highest BCUT2D eigenvalue weighted by molar-refractivity contribution is 7.09. The van der Waals surface area contributed by atoms with Gasteiger partial charge in [0.2, 0.25) is 0 Å². The molecule has 1 fully saturated rings. The van der Waals surface area contributed by atoms with Crippen molar-refractivity contribution in [3.05, 3.63) is 52.5 Å². The zero-order valence-electron chi connectivity index (χ0n) is 12.7. The zero-order chi connectivity index (χ0) is 14.5. The molecule has 21 heavy (non-hydrogen) atoms. The second-order valence-electron chi connectivity index (χ2n) is 5.96. The van der Waals surface area contributed by atoms with Crippen LogP contribution in [-0.4, -0.2) is 11.0 Å². The third kappa shape index (κ3) is 3.72. The summed E-state index contributed by atoms with van der Waals surface area (Å²) in [5.41, 5.74) is 1.52. The quantitative estimate of drug-likeness (QED) is 0.848. The fourth-order valence-electron chi connectivity index (χ4n) is 3.37. The van der Waals surface area contributed by atoms with Gasteiger partial charge in [0.25, 0.3) is 0 Å². The van der Waals surface area contributed by atoms with Gasteiger partial charge in [0.05, 0.1) is 6.04 Å². The van der Waals surface area contributed by atoms with Gasteiger partial charge in [0.15, 0.2) is 0 Å². The van der Waals surface area contributed by atoms with Crippen LogP contribution in [0.25, 0.3) is 0 Å². The maximum absolute atomic E-state index is 4.47. The van der Waals surface area contributed by atoms with E-state index in [4.69, 9.17) is 0 Å². The van der Waals surface area contributed by atoms with Crippen LogP contribution in [0, 0.1) is 0 Å². The summed E-state index contributed by atoms with van der Waals surface area (Å²) in [6, 6.07) is 12.1. The molecule has 2 nitrogen and oxygen atoms in total. The Kier molecular flexibility index (Phi) is 5.04. The number of nitrogens with zero attached hydrogens (tertiary/aromatic N) is 1. The van der Waals surface area contributed by atoms with E-state index in [0.29, 0.717) is 12.1 Å². The van der Waals surface area contributed by atoms with Gasteiger partial charge in [-0.05, 0) is 43.6 Å². The Hall–Kier alpha value is -1.19. The van der Waals surface area contributed by atoms with Crippen molar-refractivity contribution in [1.82, 2.24) is 10.3 Å². The summed E-state index contributed by atoms with van der Waals surface area (Å²) in [4.78, 5) is 4.47. The van der Waals surface area contributed by atoms with Crippen LogP contribution in [0.5, 0.6) is 0 Å². The molecule has 0 saturated heterocycles. The predicted octanol–water partition coefficient (Wildman–Crippen LogP) is 4.91. The average molecular weight is 300 g/mol. The Balaban J connectivity index is 1.54. The predicted molar refractivity (Wildman–Crippen MR) is 89.7 cm³/mol. The van der Waals surface area contributed by atoms with Gasteiger partial charge < -0.3 is 5.32 Å². The number of nitrogens with one attached hydrogen (secondary N) is 1. The summed E-state index contributed by atoms with van der Waals surface area (Å²) in [5.74, 6) is 0.754. The van der Waals surface area contributed by atoms with Crippen LogP contribution in [0.1, 0.15) is 61.6 Å². The van der Waals surface area contributed by atoms with E-state index < -0.39 is 0 Å². The first kappa shape index (κ1) is 14.7. The number of aromatic nitrogens is 1. The molecule has 1 aromatic heterocycles. The molecule has 112 valence electrons. The van der Waals surface area contributed by atoms with Crippen LogP contribution >= 0.6 is 11.3 Å². The Labute approximate surface area is 131 Å². The third-order valence-corrected chi connectivity index (χ3v) is 5.48. The summed E-state index contributed by atoms with van der Waals surface area (Å²) < 4.78 is 0. The van der Waals surface area contributed by atoms with E-state index in [2.05, 4.69) is 52.9 Å². The first-order valence-corrected chi connectivity index (χ1v) is 8.95. The molecule has 1 atom stereocenters. The van der Waals surface area contributed by atoms with Gasteiger partial charge >= 0.3 is 0 Å². The van der Waals surface area contributed by atoms with E-state index in [-0.39, 0.29) is 0 Å². The highest BCUT2D eigenvalue weighted by Crippen LogP contribution is 2.34. The molecule has 2 aromatic rings. The van der Waals surface area contributed by atoms with Crippen molar-refractivity contribution in [2.45, 2.75) is 57.0 Å². The highest BCUT2D eigenvalue weighted by atomic mass is 32.1. The van der Waals surface area contributed by atoms with Crippen molar-refractivity contribution in [3.63, 3.8) is 0 Å². The SMILES string of the molecule is CCC(NC1CCC(c2ccccc2)CC1)c1nccs1. The second-order valence-corrected chi connectivity index (χ2v) is 6.88. The zero-order valence-corrected chi connectivity index (χ0v) is 13.5. The minimum absolute atomic E-state index is 0.434. The standard InChI is InChI=1S/C18H24N2S/c1-2-17(18-19-12-13-21-18)20-16-10-8-15(9-11-16)14-6-4-3-5-7-14/h3-7,12-13,15-17,20H,2,8-11H2,1H3. The lowest BCUT2D eigenvalue weighted by atomic mass is 9.81. The van der Waals surface area contributed by atoms with E-state index >= 15 is 0 Å². The normalized spacial score (nSPS) is 23.9. The number of thiazole rings is 1. The minimum atomic E-state index is 0.434. The molecule has 0 bridgehead atoms. The lowest BCUT2D eigenvalue weighted by molar-refractivity contribution is 0.312. The van der Waals surface area contributed by atoms with Crippen LogP contribution in [0.2, 0.25) is 0 Å². The first-order valence-electron chi connectivity index (χ1n) is 8.07. The van der Waals surface area contributed by atoms with E-state index in [0.717, 1.165) is 12.3 Å². The molecule has 1 aromatic carbocycles.